The van der Waals surface area contributed by atoms with E-state index in [1.165, 1.54) is 29.6 Å². The number of azo groups is 1. The number of nitrogens with zero attached hydrogens (tertiary/aromatic N) is 3. The van der Waals surface area contributed by atoms with Crippen molar-refractivity contribution in [1.82, 2.24) is 4.31 Å². The van der Waals surface area contributed by atoms with Crippen molar-refractivity contribution in [3.63, 3.8) is 0 Å². The van der Waals surface area contributed by atoms with Crippen LogP contribution in [0, 0.1) is 6.92 Å². The van der Waals surface area contributed by atoms with E-state index in [4.69, 9.17) is 4.74 Å². The van der Waals surface area contributed by atoms with Crippen LogP contribution in [0.2, 0.25) is 0 Å². The molecule has 0 saturated carbocycles. The first kappa shape index (κ1) is 37.2. The molecule has 0 spiro atoms. The lowest BCUT2D eigenvalue weighted by molar-refractivity contribution is -0.114. The number of amides is 1. The number of carbonyl (C=O) groups is 1. The smallest absolute Gasteiger partial charge is 0.296 e. The third-order valence-corrected chi connectivity index (χ3v) is 11.0. The molecule has 0 heterocycles. The van der Waals surface area contributed by atoms with Gasteiger partial charge < -0.3 is 20.5 Å². The number of phenolic OH excluding ortho intramolecular Hbond substituents is 1. The Morgan fingerprint density at radius 1 is 0.857 bits per heavy atom. The normalized spacial score (nSPS) is 12.5. The fourth-order valence-corrected chi connectivity index (χ4v) is 7.58. The Labute approximate surface area is 283 Å². The van der Waals surface area contributed by atoms with Crippen LogP contribution in [0.4, 0.5) is 28.4 Å². The molecule has 0 aliphatic carbocycles. The molecular formula is C30H33N5O11S3. The van der Waals surface area contributed by atoms with Crippen LogP contribution in [0.15, 0.2) is 79.5 Å². The fraction of sp³-hybridized carbons (Fsp3) is 0.233. The van der Waals surface area contributed by atoms with E-state index in [0.717, 1.165) is 25.1 Å². The van der Waals surface area contributed by atoms with Gasteiger partial charge in [0.2, 0.25) is 15.9 Å². The third-order valence-electron chi connectivity index (χ3n) is 7.27. The average Bonchev–Trinajstić information content (AvgIpc) is 3.00. The van der Waals surface area contributed by atoms with Gasteiger partial charge in [0.05, 0.1) is 22.6 Å². The minimum Gasteiger partial charge on any atom is -0.505 e. The summed E-state index contributed by atoms with van der Waals surface area (Å²) in [4.78, 5) is 10.3. The fourth-order valence-electron chi connectivity index (χ4n) is 4.92. The molecule has 262 valence electrons. The van der Waals surface area contributed by atoms with Crippen molar-refractivity contribution >= 4 is 75.4 Å². The Hall–Kier alpha value is -4.66. The number of aryl methyl sites for hydroxylation is 1. The molecule has 0 atom stereocenters. The number of carbonyl (C=O) groups excluding carboxylic acids is 1. The summed E-state index contributed by atoms with van der Waals surface area (Å²) in [6.45, 7) is 6.97. The summed E-state index contributed by atoms with van der Waals surface area (Å²) in [5.74, 6) is -1.44. The second-order valence-electron chi connectivity index (χ2n) is 10.5. The van der Waals surface area contributed by atoms with E-state index in [2.05, 4.69) is 20.9 Å². The van der Waals surface area contributed by atoms with Crippen LogP contribution in [0.25, 0.3) is 10.8 Å². The Bertz CT molecular complexity index is 2310. The number of phenols is 1. The van der Waals surface area contributed by atoms with Crippen molar-refractivity contribution in [3.8, 4) is 11.5 Å². The number of ether oxygens (including phenoxy) is 1. The Kier molecular flexibility index (Phi) is 10.7. The number of hydrogen-bond donors (Lipinski definition) is 5. The van der Waals surface area contributed by atoms with Gasteiger partial charge in [-0.15, -0.1) is 10.2 Å². The van der Waals surface area contributed by atoms with Gasteiger partial charge in [0, 0.05) is 42.8 Å². The molecule has 4 aromatic carbocycles. The van der Waals surface area contributed by atoms with Crippen molar-refractivity contribution in [2.45, 2.75) is 42.4 Å². The van der Waals surface area contributed by atoms with Crippen LogP contribution in [0.1, 0.15) is 26.3 Å². The SMILES string of the molecule is CCN(CC)S(=O)(=O)c1ccc(Nc2cc(OC)c(N=Nc3c(S(=O)(=O)O)cc4cc(S(=O)(=O)O)cc(NC(C)=O)c4c3O)cc2C)cc1. The molecule has 0 aromatic heterocycles. The molecule has 0 aliphatic heterocycles. The lowest BCUT2D eigenvalue weighted by atomic mass is 10.1. The number of sulfonamides is 1. The molecule has 16 nitrogen and oxygen atoms in total. The first-order chi connectivity index (χ1) is 22.8. The van der Waals surface area contributed by atoms with Crippen molar-refractivity contribution in [3.05, 3.63) is 60.2 Å². The summed E-state index contributed by atoms with van der Waals surface area (Å²) in [5.41, 5.74) is 0.702. The van der Waals surface area contributed by atoms with E-state index in [1.807, 2.05) is 0 Å². The summed E-state index contributed by atoms with van der Waals surface area (Å²) in [6, 6.07) is 11.7. The minimum absolute atomic E-state index is 0.0656. The highest BCUT2D eigenvalue weighted by Crippen LogP contribution is 2.46. The Morgan fingerprint density at radius 2 is 1.49 bits per heavy atom. The first-order valence-electron chi connectivity index (χ1n) is 14.4. The molecule has 0 saturated heterocycles. The van der Waals surface area contributed by atoms with Gasteiger partial charge in [0.1, 0.15) is 22.0 Å². The number of rotatable bonds is 12. The van der Waals surface area contributed by atoms with E-state index in [-0.39, 0.29) is 32.8 Å². The average molecular weight is 736 g/mol. The van der Waals surface area contributed by atoms with E-state index < -0.39 is 57.4 Å². The van der Waals surface area contributed by atoms with Crippen LogP contribution >= 0.6 is 0 Å². The van der Waals surface area contributed by atoms with Crippen LogP contribution in [0.5, 0.6) is 11.5 Å². The molecule has 0 bridgehead atoms. The number of anilines is 3. The Balaban J connectivity index is 1.79. The van der Waals surface area contributed by atoms with Gasteiger partial charge in [0.15, 0.2) is 5.75 Å². The predicted molar refractivity (Wildman–Crippen MR) is 181 cm³/mol. The highest BCUT2D eigenvalue weighted by molar-refractivity contribution is 7.89. The highest BCUT2D eigenvalue weighted by Gasteiger charge is 2.26. The number of hydrogen-bond acceptors (Lipinski definition) is 12. The van der Waals surface area contributed by atoms with Crippen molar-refractivity contribution in [2.24, 2.45) is 10.2 Å². The number of methoxy groups -OCH3 is 1. The first-order valence-corrected chi connectivity index (χ1v) is 18.7. The van der Waals surface area contributed by atoms with Crippen LogP contribution in [-0.2, 0) is 35.1 Å². The number of nitrogens with one attached hydrogen (secondary N) is 2. The molecule has 49 heavy (non-hydrogen) atoms. The quantitative estimate of drug-likeness (QED) is 0.0894. The summed E-state index contributed by atoms with van der Waals surface area (Å²) >= 11 is 0. The standard InChI is InChI=1S/C30H33N5O11S3/c1-6-35(7-2)47(38,39)21-10-8-20(9-11-21)32-23-16-26(46-5)24(12-17(23)3)33-34-29-27(49(43,44)45)14-19-13-22(48(40,41)42)15-25(31-18(4)36)28(19)30(29)37/h8-16,32,37H,6-7H2,1-5H3,(H,31,36)(H,40,41,42)(H,43,44,45). The number of benzene rings is 4. The molecule has 1 amide bonds. The zero-order valence-electron chi connectivity index (χ0n) is 26.8. The van der Waals surface area contributed by atoms with Gasteiger partial charge in [-0.1, -0.05) is 13.8 Å². The minimum atomic E-state index is -5.12. The molecule has 4 aromatic rings. The molecule has 4 rings (SSSR count). The van der Waals surface area contributed by atoms with Crippen molar-refractivity contribution in [2.75, 3.05) is 30.8 Å². The zero-order chi connectivity index (χ0) is 36.5. The van der Waals surface area contributed by atoms with E-state index in [0.29, 0.717) is 30.0 Å². The number of aromatic hydroxyl groups is 1. The zero-order valence-corrected chi connectivity index (χ0v) is 29.2. The van der Waals surface area contributed by atoms with Crippen molar-refractivity contribution in [1.29, 1.82) is 0 Å². The van der Waals surface area contributed by atoms with E-state index in [9.17, 15) is 44.3 Å². The van der Waals surface area contributed by atoms with Gasteiger partial charge in [-0.05, 0) is 66.4 Å². The summed E-state index contributed by atoms with van der Waals surface area (Å²) < 4.78 is 100. The van der Waals surface area contributed by atoms with E-state index in [1.54, 1.807) is 39.0 Å². The van der Waals surface area contributed by atoms with Gasteiger partial charge in [-0.2, -0.15) is 21.1 Å². The van der Waals surface area contributed by atoms with Crippen LogP contribution in [0.3, 0.4) is 0 Å². The maximum absolute atomic E-state index is 12.8. The highest BCUT2D eigenvalue weighted by atomic mass is 32.2. The summed E-state index contributed by atoms with van der Waals surface area (Å²) in [6.07, 6.45) is 0. The molecular weight excluding hydrogens is 703 g/mol. The molecule has 5 N–H and O–H groups in total. The van der Waals surface area contributed by atoms with Gasteiger partial charge in [0.25, 0.3) is 20.2 Å². The molecule has 0 aliphatic rings. The summed E-state index contributed by atoms with van der Waals surface area (Å²) in [7, 11) is -12.3. The topological polar surface area (TPSA) is 241 Å². The third kappa shape index (κ3) is 7.98. The second kappa shape index (κ2) is 14.1. The molecule has 19 heteroatoms. The second-order valence-corrected chi connectivity index (χ2v) is 15.3. The number of fused-ring (bicyclic) bond motifs is 1. The van der Waals surface area contributed by atoms with Crippen LogP contribution < -0.4 is 15.4 Å². The molecule has 0 unspecified atom stereocenters. The lowest BCUT2D eigenvalue weighted by Gasteiger charge is -2.19. The maximum atomic E-state index is 12.8. The Morgan fingerprint density at radius 3 is 2.02 bits per heavy atom. The monoisotopic (exact) mass is 735 g/mol. The van der Waals surface area contributed by atoms with Crippen molar-refractivity contribution < 1.29 is 49.0 Å². The van der Waals surface area contributed by atoms with Gasteiger partial charge in [-0.3, -0.25) is 13.9 Å². The lowest BCUT2D eigenvalue weighted by Crippen LogP contribution is -2.30. The molecule has 0 radical (unpaired) electrons. The summed E-state index contributed by atoms with van der Waals surface area (Å²) in [5, 5.41) is 24.1. The maximum Gasteiger partial charge on any atom is 0.296 e. The predicted octanol–water partition coefficient (Wildman–Crippen LogP) is 5.50. The van der Waals surface area contributed by atoms with Gasteiger partial charge >= 0.3 is 0 Å². The van der Waals surface area contributed by atoms with Crippen LogP contribution in [-0.4, -0.2) is 69.9 Å². The molecule has 0 fully saturated rings. The van der Waals surface area contributed by atoms with E-state index >= 15 is 0 Å². The van der Waals surface area contributed by atoms with Gasteiger partial charge in [-0.25, -0.2) is 8.42 Å². The largest absolute Gasteiger partial charge is 0.505 e.